The maximum absolute atomic E-state index is 12.1. The molecular formula is C22H34N6O2. The second kappa shape index (κ2) is 10.1. The summed E-state index contributed by atoms with van der Waals surface area (Å²) in [6, 6.07) is 10.0. The lowest BCUT2D eigenvalue weighted by molar-refractivity contribution is 0.0474. The van der Waals surface area contributed by atoms with Crippen molar-refractivity contribution in [1.29, 1.82) is 0 Å². The Bertz CT molecular complexity index is 837. The summed E-state index contributed by atoms with van der Waals surface area (Å²) in [4.78, 5) is 24.4. The zero-order chi connectivity index (χ0) is 22.2. The van der Waals surface area contributed by atoms with E-state index in [0.717, 1.165) is 23.6 Å². The molecule has 2 aromatic rings. The number of rotatable bonds is 7. The largest absolute Gasteiger partial charge is 0.444 e. The molecule has 1 amide bonds. The Kier molecular flexibility index (Phi) is 7.86. The highest BCUT2D eigenvalue weighted by Gasteiger charge is 2.24. The Labute approximate surface area is 178 Å². The number of carbonyl (C=O) groups is 1. The van der Waals surface area contributed by atoms with Crippen LogP contribution in [0.1, 0.15) is 47.4 Å². The van der Waals surface area contributed by atoms with Gasteiger partial charge in [-0.15, -0.1) is 0 Å². The lowest BCUT2D eigenvalue weighted by atomic mass is 10.1. The van der Waals surface area contributed by atoms with E-state index >= 15 is 0 Å². The van der Waals surface area contributed by atoms with Crippen LogP contribution in [0, 0.1) is 0 Å². The number of nitrogens with zero attached hydrogens (tertiary/aromatic N) is 2. The first kappa shape index (κ1) is 23.3. The van der Waals surface area contributed by atoms with E-state index < -0.39 is 17.2 Å². The number of benzene rings is 1. The predicted octanol–water partition coefficient (Wildman–Crippen LogP) is 3.44. The third-order valence-electron chi connectivity index (χ3n) is 3.98. The molecule has 30 heavy (non-hydrogen) atoms. The Balaban J connectivity index is 1.94. The molecule has 0 spiro atoms. The third-order valence-corrected chi connectivity index (χ3v) is 3.98. The molecule has 0 saturated heterocycles. The molecule has 0 aliphatic carbocycles. The standard InChI is InChI=1S/C22H34N6O2/c1-7-23-19(26-15-22(5,6)28-20(29)30-21(2,3)4)25-14-18-24-13-17(27-18)16-11-9-8-10-12-16/h8-13H,7,14-15H2,1-6H3,(H,24,27)(H,28,29)(H2,23,25,26). The lowest BCUT2D eigenvalue weighted by Crippen LogP contribution is -2.54. The van der Waals surface area contributed by atoms with E-state index in [1.165, 1.54) is 0 Å². The fraction of sp³-hybridized carbons (Fsp3) is 0.500. The van der Waals surface area contributed by atoms with E-state index in [1.54, 1.807) is 0 Å². The first-order valence-corrected chi connectivity index (χ1v) is 10.2. The van der Waals surface area contributed by atoms with Crippen molar-refractivity contribution in [2.24, 2.45) is 4.99 Å². The smallest absolute Gasteiger partial charge is 0.408 e. The number of alkyl carbamates (subject to hydrolysis) is 1. The topological polar surface area (TPSA) is 103 Å². The normalized spacial score (nSPS) is 12.4. The summed E-state index contributed by atoms with van der Waals surface area (Å²) >= 11 is 0. The predicted molar refractivity (Wildman–Crippen MR) is 120 cm³/mol. The fourth-order valence-electron chi connectivity index (χ4n) is 2.63. The number of ether oxygens (including phenoxy) is 1. The van der Waals surface area contributed by atoms with Gasteiger partial charge in [0.25, 0.3) is 0 Å². The Morgan fingerprint density at radius 2 is 1.83 bits per heavy atom. The molecule has 164 valence electrons. The number of nitrogens with one attached hydrogen (secondary N) is 4. The van der Waals surface area contributed by atoms with Gasteiger partial charge in [-0.25, -0.2) is 14.8 Å². The minimum absolute atomic E-state index is 0.405. The van der Waals surface area contributed by atoms with Crippen molar-refractivity contribution >= 4 is 12.1 Å². The van der Waals surface area contributed by atoms with Gasteiger partial charge in [-0.3, -0.25) is 0 Å². The molecule has 4 N–H and O–H groups in total. The number of imidazole rings is 1. The molecule has 0 saturated carbocycles. The van der Waals surface area contributed by atoms with Gasteiger partial charge in [0.1, 0.15) is 18.0 Å². The van der Waals surface area contributed by atoms with Gasteiger partial charge in [0.05, 0.1) is 17.4 Å². The van der Waals surface area contributed by atoms with E-state index in [2.05, 4.69) is 30.9 Å². The average molecular weight is 415 g/mol. The summed E-state index contributed by atoms with van der Waals surface area (Å²) in [5, 5.41) is 9.35. The van der Waals surface area contributed by atoms with Crippen molar-refractivity contribution in [1.82, 2.24) is 25.9 Å². The fourth-order valence-corrected chi connectivity index (χ4v) is 2.63. The van der Waals surface area contributed by atoms with E-state index in [4.69, 9.17) is 4.74 Å². The molecule has 0 aliphatic rings. The number of carbonyl (C=O) groups excluding carboxylic acids is 1. The van der Waals surface area contributed by atoms with Crippen LogP contribution in [0.25, 0.3) is 11.3 Å². The van der Waals surface area contributed by atoms with Crippen LogP contribution in [0.3, 0.4) is 0 Å². The second-order valence-corrected chi connectivity index (χ2v) is 8.67. The van der Waals surface area contributed by atoms with Crippen LogP contribution in [0.2, 0.25) is 0 Å². The van der Waals surface area contributed by atoms with E-state index in [1.807, 2.05) is 78.1 Å². The third kappa shape index (κ3) is 8.14. The first-order chi connectivity index (χ1) is 14.1. The number of aromatic amines is 1. The van der Waals surface area contributed by atoms with Crippen molar-refractivity contribution in [3.63, 3.8) is 0 Å². The number of amides is 1. The summed E-state index contributed by atoms with van der Waals surface area (Å²) in [6.07, 6.45) is 1.37. The molecule has 1 aromatic carbocycles. The molecule has 0 aliphatic heterocycles. The van der Waals surface area contributed by atoms with Gasteiger partial charge < -0.3 is 25.7 Å². The summed E-state index contributed by atoms with van der Waals surface area (Å²) in [6.45, 7) is 13.0. The van der Waals surface area contributed by atoms with Crippen LogP contribution in [-0.2, 0) is 11.3 Å². The maximum Gasteiger partial charge on any atom is 0.408 e. The summed E-state index contributed by atoms with van der Waals surface area (Å²) < 4.78 is 5.34. The highest BCUT2D eigenvalue weighted by Crippen LogP contribution is 2.16. The Morgan fingerprint density at radius 1 is 1.13 bits per heavy atom. The molecule has 2 rings (SSSR count). The van der Waals surface area contributed by atoms with E-state index in [9.17, 15) is 4.79 Å². The van der Waals surface area contributed by atoms with Crippen LogP contribution in [0.4, 0.5) is 4.79 Å². The maximum atomic E-state index is 12.1. The van der Waals surface area contributed by atoms with E-state index in [-0.39, 0.29) is 0 Å². The quantitative estimate of drug-likeness (QED) is 0.410. The van der Waals surface area contributed by atoms with Gasteiger partial charge in [0.2, 0.25) is 0 Å². The molecule has 1 aromatic heterocycles. The highest BCUT2D eigenvalue weighted by molar-refractivity contribution is 5.80. The SMILES string of the molecule is CCNC(=NCc1ncc(-c2ccccc2)[nH]1)NCC(C)(C)NC(=O)OC(C)(C)C. The van der Waals surface area contributed by atoms with Crippen LogP contribution in [0.5, 0.6) is 0 Å². The number of guanidine groups is 1. The van der Waals surface area contributed by atoms with Crippen molar-refractivity contribution in [3.8, 4) is 11.3 Å². The Hall–Kier alpha value is -3.03. The van der Waals surface area contributed by atoms with Crippen molar-refractivity contribution in [2.45, 2.75) is 59.2 Å². The van der Waals surface area contributed by atoms with Gasteiger partial charge in [-0.2, -0.15) is 0 Å². The highest BCUT2D eigenvalue weighted by atomic mass is 16.6. The van der Waals surface area contributed by atoms with Crippen molar-refractivity contribution < 1.29 is 9.53 Å². The average Bonchev–Trinajstić information content (AvgIpc) is 3.12. The molecule has 0 radical (unpaired) electrons. The summed E-state index contributed by atoms with van der Waals surface area (Å²) in [5.74, 6) is 1.42. The number of aromatic nitrogens is 2. The molecule has 0 bridgehead atoms. The van der Waals surface area contributed by atoms with Crippen LogP contribution in [0.15, 0.2) is 41.5 Å². The molecular weight excluding hydrogens is 380 g/mol. The van der Waals surface area contributed by atoms with Crippen molar-refractivity contribution in [3.05, 3.63) is 42.4 Å². The summed E-state index contributed by atoms with van der Waals surface area (Å²) in [7, 11) is 0. The zero-order valence-electron chi connectivity index (χ0n) is 18.8. The van der Waals surface area contributed by atoms with E-state index in [0.29, 0.717) is 19.0 Å². The number of hydrogen-bond acceptors (Lipinski definition) is 4. The number of hydrogen-bond donors (Lipinski definition) is 4. The molecule has 1 heterocycles. The monoisotopic (exact) mass is 414 g/mol. The minimum Gasteiger partial charge on any atom is -0.444 e. The number of H-pyrrole nitrogens is 1. The molecule has 0 unspecified atom stereocenters. The van der Waals surface area contributed by atoms with Crippen LogP contribution < -0.4 is 16.0 Å². The lowest BCUT2D eigenvalue weighted by Gasteiger charge is -2.29. The number of aliphatic imine (C=N–C) groups is 1. The first-order valence-electron chi connectivity index (χ1n) is 10.2. The molecule has 8 nitrogen and oxygen atoms in total. The second-order valence-electron chi connectivity index (χ2n) is 8.67. The van der Waals surface area contributed by atoms with Gasteiger partial charge in [0.15, 0.2) is 5.96 Å². The Morgan fingerprint density at radius 3 is 2.47 bits per heavy atom. The van der Waals surface area contributed by atoms with Gasteiger partial charge >= 0.3 is 6.09 Å². The molecule has 0 fully saturated rings. The van der Waals surface area contributed by atoms with Crippen LogP contribution in [-0.4, -0.2) is 46.3 Å². The van der Waals surface area contributed by atoms with Crippen molar-refractivity contribution in [2.75, 3.05) is 13.1 Å². The van der Waals surface area contributed by atoms with Gasteiger partial charge in [-0.05, 0) is 47.1 Å². The zero-order valence-corrected chi connectivity index (χ0v) is 18.8. The van der Waals surface area contributed by atoms with Gasteiger partial charge in [0, 0.05) is 13.1 Å². The summed E-state index contributed by atoms with van der Waals surface area (Å²) in [5.41, 5.74) is 0.983. The minimum atomic E-state index is -0.536. The molecule has 0 atom stereocenters. The molecule has 8 heteroatoms. The van der Waals surface area contributed by atoms with Crippen LogP contribution >= 0.6 is 0 Å². The van der Waals surface area contributed by atoms with Gasteiger partial charge in [-0.1, -0.05) is 30.3 Å².